The molecule has 14 heavy (non-hydrogen) atoms. The van der Waals surface area contributed by atoms with E-state index < -0.39 is 0 Å². The van der Waals surface area contributed by atoms with E-state index in [1.165, 1.54) is 0 Å². The fourth-order valence-corrected chi connectivity index (χ4v) is 1.38. The van der Waals surface area contributed by atoms with Crippen molar-refractivity contribution in [3.63, 3.8) is 0 Å². The first kappa shape index (κ1) is 8.99. The van der Waals surface area contributed by atoms with Gasteiger partial charge in [0.05, 0.1) is 25.4 Å². The van der Waals surface area contributed by atoms with Crippen LogP contribution in [0.25, 0.3) is 0 Å². The van der Waals surface area contributed by atoms with E-state index in [0.717, 1.165) is 5.57 Å². The average Bonchev–Trinajstić information content (AvgIpc) is 2.64. The van der Waals surface area contributed by atoms with Gasteiger partial charge in [-0.2, -0.15) is 0 Å². The van der Waals surface area contributed by atoms with Crippen molar-refractivity contribution in [1.29, 1.82) is 0 Å². The van der Waals surface area contributed by atoms with Gasteiger partial charge in [-0.05, 0) is 13.0 Å². The number of allylic oxidation sites excluding steroid dienone is 1. The SMILES string of the molecule is CCOC(=O)C1=CC2=COCC2C=N1. The predicted molar refractivity (Wildman–Crippen MR) is 50.7 cm³/mol. The summed E-state index contributed by atoms with van der Waals surface area (Å²) in [6, 6.07) is 0. The van der Waals surface area contributed by atoms with Crippen molar-refractivity contribution in [2.75, 3.05) is 13.2 Å². The van der Waals surface area contributed by atoms with E-state index in [0.29, 0.717) is 18.9 Å². The average molecular weight is 193 g/mol. The van der Waals surface area contributed by atoms with Crippen LogP contribution in [-0.4, -0.2) is 25.4 Å². The minimum Gasteiger partial charge on any atom is -0.500 e. The van der Waals surface area contributed by atoms with Crippen LogP contribution >= 0.6 is 0 Å². The first-order valence-electron chi connectivity index (χ1n) is 4.56. The molecule has 1 atom stereocenters. The summed E-state index contributed by atoms with van der Waals surface area (Å²) in [6.07, 6.45) is 5.11. The normalized spacial score (nSPS) is 23.4. The maximum absolute atomic E-state index is 11.3. The van der Waals surface area contributed by atoms with Gasteiger partial charge in [0.1, 0.15) is 5.70 Å². The van der Waals surface area contributed by atoms with Crippen LogP contribution in [0.3, 0.4) is 0 Å². The van der Waals surface area contributed by atoms with Crippen molar-refractivity contribution in [2.24, 2.45) is 10.9 Å². The number of hydrogen-bond acceptors (Lipinski definition) is 4. The smallest absolute Gasteiger partial charge is 0.356 e. The Balaban J connectivity index is 2.14. The van der Waals surface area contributed by atoms with Gasteiger partial charge in [0, 0.05) is 11.8 Å². The fraction of sp³-hybridized carbons (Fsp3) is 0.400. The molecule has 0 aromatic heterocycles. The van der Waals surface area contributed by atoms with Gasteiger partial charge in [-0.15, -0.1) is 0 Å². The van der Waals surface area contributed by atoms with Crippen molar-refractivity contribution in [2.45, 2.75) is 6.92 Å². The number of fused-ring (bicyclic) bond motifs is 1. The highest BCUT2D eigenvalue weighted by atomic mass is 16.5. The maximum Gasteiger partial charge on any atom is 0.356 e. The Hall–Kier alpha value is -1.58. The van der Waals surface area contributed by atoms with Gasteiger partial charge in [-0.25, -0.2) is 4.79 Å². The Morgan fingerprint density at radius 1 is 1.79 bits per heavy atom. The summed E-state index contributed by atoms with van der Waals surface area (Å²) in [6.45, 7) is 2.75. The van der Waals surface area contributed by atoms with Crippen LogP contribution in [0.2, 0.25) is 0 Å². The molecule has 0 radical (unpaired) electrons. The zero-order valence-electron chi connectivity index (χ0n) is 7.90. The lowest BCUT2D eigenvalue weighted by Crippen LogP contribution is -2.14. The molecule has 74 valence electrons. The van der Waals surface area contributed by atoms with Gasteiger partial charge >= 0.3 is 5.97 Å². The standard InChI is InChI=1S/C10H11NO3/c1-2-14-10(12)9-3-7-5-13-6-8(7)4-11-9/h3-5,8H,2,6H2,1H3. The highest BCUT2D eigenvalue weighted by molar-refractivity contribution is 5.92. The van der Waals surface area contributed by atoms with Crippen molar-refractivity contribution in [1.82, 2.24) is 0 Å². The van der Waals surface area contributed by atoms with Crippen molar-refractivity contribution in [3.05, 3.63) is 23.6 Å². The molecule has 0 aromatic rings. The lowest BCUT2D eigenvalue weighted by Gasteiger charge is -2.10. The van der Waals surface area contributed by atoms with Crippen LogP contribution < -0.4 is 0 Å². The van der Waals surface area contributed by atoms with E-state index in [2.05, 4.69) is 4.99 Å². The largest absolute Gasteiger partial charge is 0.500 e. The molecule has 0 fully saturated rings. The molecule has 2 aliphatic heterocycles. The zero-order valence-corrected chi connectivity index (χ0v) is 7.90. The fourth-order valence-electron chi connectivity index (χ4n) is 1.38. The first-order valence-corrected chi connectivity index (χ1v) is 4.56. The molecule has 0 amide bonds. The number of hydrogen-bond donors (Lipinski definition) is 0. The molecule has 4 nitrogen and oxygen atoms in total. The number of carbonyl (C=O) groups is 1. The first-order chi connectivity index (χ1) is 6.81. The second-order valence-electron chi connectivity index (χ2n) is 3.09. The molecular formula is C10H11NO3. The second kappa shape index (κ2) is 3.65. The number of ether oxygens (including phenoxy) is 2. The Morgan fingerprint density at radius 3 is 3.43 bits per heavy atom. The summed E-state index contributed by atoms with van der Waals surface area (Å²) in [5.74, 6) is -0.178. The molecule has 2 heterocycles. The quantitative estimate of drug-likeness (QED) is 0.616. The summed E-state index contributed by atoms with van der Waals surface area (Å²) in [5.41, 5.74) is 1.34. The third-order valence-corrected chi connectivity index (χ3v) is 2.10. The molecular weight excluding hydrogens is 182 g/mol. The lowest BCUT2D eigenvalue weighted by atomic mass is 10.0. The number of esters is 1. The van der Waals surface area contributed by atoms with E-state index in [-0.39, 0.29) is 11.9 Å². The summed E-state index contributed by atoms with van der Waals surface area (Å²) in [5, 5.41) is 0. The van der Waals surface area contributed by atoms with E-state index >= 15 is 0 Å². The Bertz CT molecular complexity index is 341. The van der Waals surface area contributed by atoms with Crippen LogP contribution in [0, 0.1) is 5.92 Å². The molecule has 2 aliphatic rings. The van der Waals surface area contributed by atoms with Crippen molar-refractivity contribution < 1.29 is 14.3 Å². The molecule has 1 unspecified atom stereocenters. The van der Waals surface area contributed by atoms with E-state index in [9.17, 15) is 4.79 Å². The molecule has 0 aromatic carbocycles. The van der Waals surface area contributed by atoms with Gasteiger partial charge < -0.3 is 9.47 Å². The summed E-state index contributed by atoms with van der Waals surface area (Å²) in [4.78, 5) is 15.3. The molecule has 0 saturated carbocycles. The third-order valence-electron chi connectivity index (χ3n) is 2.10. The van der Waals surface area contributed by atoms with Crippen LogP contribution in [0.15, 0.2) is 28.6 Å². The molecule has 2 rings (SSSR count). The van der Waals surface area contributed by atoms with Crippen LogP contribution in [0.5, 0.6) is 0 Å². The van der Waals surface area contributed by atoms with Gasteiger partial charge in [0.2, 0.25) is 0 Å². The predicted octanol–water partition coefficient (Wildman–Crippen LogP) is 1.05. The monoisotopic (exact) mass is 193 g/mol. The number of aliphatic imine (C=N–C) groups is 1. The topological polar surface area (TPSA) is 47.9 Å². The highest BCUT2D eigenvalue weighted by Gasteiger charge is 2.23. The minimum absolute atomic E-state index is 0.202. The molecule has 0 N–H and O–H groups in total. The van der Waals surface area contributed by atoms with Gasteiger partial charge in [-0.3, -0.25) is 4.99 Å². The van der Waals surface area contributed by atoms with Gasteiger partial charge in [0.15, 0.2) is 0 Å². The Labute approximate surface area is 81.9 Å². The van der Waals surface area contributed by atoms with E-state index in [1.54, 1.807) is 25.5 Å². The molecule has 0 aliphatic carbocycles. The molecule has 4 heteroatoms. The van der Waals surface area contributed by atoms with Crippen molar-refractivity contribution >= 4 is 12.2 Å². The third kappa shape index (κ3) is 1.55. The number of rotatable bonds is 2. The minimum atomic E-state index is -0.380. The summed E-state index contributed by atoms with van der Waals surface area (Å²) in [7, 11) is 0. The van der Waals surface area contributed by atoms with Crippen LogP contribution in [0.4, 0.5) is 0 Å². The number of nitrogens with zero attached hydrogens (tertiary/aromatic N) is 1. The number of carbonyl (C=O) groups excluding carboxylic acids is 1. The van der Waals surface area contributed by atoms with Crippen molar-refractivity contribution in [3.8, 4) is 0 Å². The second-order valence-corrected chi connectivity index (χ2v) is 3.09. The Morgan fingerprint density at radius 2 is 2.64 bits per heavy atom. The van der Waals surface area contributed by atoms with Crippen LogP contribution in [-0.2, 0) is 14.3 Å². The van der Waals surface area contributed by atoms with E-state index in [4.69, 9.17) is 9.47 Å². The molecule has 0 bridgehead atoms. The lowest BCUT2D eigenvalue weighted by molar-refractivity contribution is -0.138. The van der Waals surface area contributed by atoms with E-state index in [1.807, 2.05) is 0 Å². The summed E-state index contributed by atoms with van der Waals surface area (Å²) >= 11 is 0. The van der Waals surface area contributed by atoms with Gasteiger partial charge in [0.25, 0.3) is 0 Å². The zero-order chi connectivity index (χ0) is 9.97. The molecule has 0 saturated heterocycles. The van der Waals surface area contributed by atoms with Gasteiger partial charge in [-0.1, -0.05) is 0 Å². The molecule has 0 spiro atoms. The maximum atomic E-state index is 11.3. The Kier molecular flexibility index (Phi) is 2.35. The van der Waals surface area contributed by atoms with Crippen LogP contribution in [0.1, 0.15) is 6.92 Å². The summed E-state index contributed by atoms with van der Waals surface area (Å²) < 4.78 is 9.97. The highest BCUT2D eigenvalue weighted by Crippen LogP contribution is 2.24.